The average Bonchev–Trinajstić information content (AvgIpc) is 3.09. The van der Waals surface area contributed by atoms with Crippen molar-refractivity contribution in [2.75, 3.05) is 57.9 Å². The van der Waals surface area contributed by atoms with Crippen molar-refractivity contribution in [3.05, 3.63) is 22.4 Å². The Hall–Kier alpha value is -0.430. The molecule has 10 heteroatoms. The lowest BCUT2D eigenvalue weighted by Gasteiger charge is -2.33. The fourth-order valence-corrected chi connectivity index (χ4v) is 3.95. The van der Waals surface area contributed by atoms with E-state index in [0.717, 1.165) is 32.8 Å². The predicted octanol–water partition coefficient (Wildman–Crippen LogP) is 1.34. The molecule has 1 aliphatic rings. The van der Waals surface area contributed by atoms with E-state index in [1.54, 1.807) is 11.3 Å². The minimum atomic E-state index is -2.98. The molecular formula is C16H29IN4O3S2. The largest absolute Gasteiger partial charge is 0.379 e. The fraction of sp³-hybridized carbons (Fsp3) is 0.688. The number of nitrogens with zero attached hydrogens (tertiary/aromatic N) is 2. The summed E-state index contributed by atoms with van der Waals surface area (Å²) < 4.78 is 28.0. The number of nitrogens with one attached hydrogen (secondary N) is 2. The van der Waals surface area contributed by atoms with Crippen LogP contribution in [0.3, 0.4) is 0 Å². The lowest BCUT2D eigenvalue weighted by atomic mass is 10.2. The number of hydrogen-bond acceptors (Lipinski definition) is 6. The molecule has 2 N–H and O–H groups in total. The minimum absolute atomic E-state index is 0. The van der Waals surface area contributed by atoms with Crippen LogP contribution < -0.4 is 10.6 Å². The maximum absolute atomic E-state index is 11.3. The molecule has 1 aromatic heterocycles. The molecule has 2 rings (SSSR count). The van der Waals surface area contributed by atoms with Gasteiger partial charge < -0.3 is 15.4 Å². The Bertz CT molecular complexity index is 632. The molecule has 1 saturated heterocycles. The zero-order valence-electron chi connectivity index (χ0n) is 15.3. The molecule has 0 spiro atoms. The first-order valence-corrected chi connectivity index (χ1v) is 11.5. The summed E-state index contributed by atoms with van der Waals surface area (Å²) in [4.78, 5) is 8.38. The van der Waals surface area contributed by atoms with Crippen LogP contribution >= 0.6 is 35.3 Å². The molecule has 0 saturated carbocycles. The molecule has 0 bridgehead atoms. The van der Waals surface area contributed by atoms with Crippen molar-refractivity contribution in [2.24, 2.45) is 4.99 Å². The summed E-state index contributed by atoms with van der Waals surface area (Å²) in [5.41, 5.74) is 0. The summed E-state index contributed by atoms with van der Waals surface area (Å²) >= 11 is 1.74. The van der Waals surface area contributed by atoms with E-state index in [0.29, 0.717) is 19.0 Å². The number of sulfone groups is 1. The summed E-state index contributed by atoms with van der Waals surface area (Å²) in [6.07, 6.45) is 1.24. The Morgan fingerprint density at radius 3 is 2.69 bits per heavy atom. The first-order chi connectivity index (χ1) is 12.0. The van der Waals surface area contributed by atoms with Gasteiger partial charge in [0.05, 0.1) is 31.6 Å². The van der Waals surface area contributed by atoms with E-state index in [1.807, 2.05) is 6.92 Å². The van der Waals surface area contributed by atoms with Crippen molar-refractivity contribution in [3.63, 3.8) is 0 Å². The monoisotopic (exact) mass is 516 g/mol. The third-order valence-electron chi connectivity index (χ3n) is 3.89. The van der Waals surface area contributed by atoms with Crippen LogP contribution in [0.1, 0.15) is 17.8 Å². The Kier molecular flexibility index (Phi) is 11.0. The first-order valence-electron chi connectivity index (χ1n) is 8.54. The summed E-state index contributed by atoms with van der Waals surface area (Å²) in [5, 5.41) is 8.36. The zero-order valence-corrected chi connectivity index (χ0v) is 19.3. The molecule has 0 aliphatic carbocycles. The molecule has 2 heterocycles. The lowest BCUT2D eigenvalue weighted by Crippen LogP contribution is -2.42. The van der Waals surface area contributed by atoms with Gasteiger partial charge in [0.2, 0.25) is 0 Å². The summed E-state index contributed by atoms with van der Waals surface area (Å²) in [5.74, 6) is 0.746. The highest BCUT2D eigenvalue weighted by Gasteiger charge is 2.23. The zero-order chi connectivity index (χ0) is 18.1. The van der Waals surface area contributed by atoms with Crippen LogP contribution in [-0.4, -0.2) is 77.2 Å². The molecule has 26 heavy (non-hydrogen) atoms. The van der Waals surface area contributed by atoms with Gasteiger partial charge in [0, 0.05) is 37.3 Å². The second kappa shape index (κ2) is 12.1. The Balaban J connectivity index is 0.00000338. The molecule has 1 atom stereocenters. The van der Waals surface area contributed by atoms with Crippen molar-refractivity contribution in [3.8, 4) is 0 Å². The number of ether oxygens (including phenoxy) is 1. The molecule has 1 unspecified atom stereocenters. The van der Waals surface area contributed by atoms with Crippen molar-refractivity contribution in [2.45, 2.75) is 13.0 Å². The average molecular weight is 516 g/mol. The molecule has 1 aromatic rings. The quantitative estimate of drug-likeness (QED) is 0.309. The van der Waals surface area contributed by atoms with Gasteiger partial charge in [0.1, 0.15) is 9.84 Å². The molecule has 0 aromatic carbocycles. The summed E-state index contributed by atoms with van der Waals surface area (Å²) in [7, 11) is -2.98. The summed E-state index contributed by atoms with van der Waals surface area (Å²) in [6, 6.07) is 4.42. The van der Waals surface area contributed by atoms with E-state index in [2.05, 4.69) is 38.0 Å². The van der Waals surface area contributed by atoms with Crippen LogP contribution in [0.25, 0.3) is 0 Å². The van der Waals surface area contributed by atoms with Gasteiger partial charge in [0.25, 0.3) is 0 Å². The molecule has 7 nitrogen and oxygen atoms in total. The van der Waals surface area contributed by atoms with Crippen molar-refractivity contribution >= 4 is 51.1 Å². The first kappa shape index (κ1) is 23.6. The topological polar surface area (TPSA) is 83.0 Å². The second-order valence-electron chi connectivity index (χ2n) is 5.96. The smallest absolute Gasteiger partial charge is 0.191 e. The molecule has 0 radical (unpaired) electrons. The van der Waals surface area contributed by atoms with E-state index in [-0.39, 0.29) is 35.8 Å². The van der Waals surface area contributed by atoms with Gasteiger partial charge in [-0.1, -0.05) is 6.07 Å². The molecular weight excluding hydrogens is 487 g/mol. The molecule has 1 fully saturated rings. The number of hydrogen-bond donors (Lipinski definition) is 2. The third kappa shape index (κ3) is 8.51. The Labute approximate surface area is 177 Å². The standard InChI is InChI=1S/C16H28N4O3S2.HI/c1-3-17-16(18-6-12-25(2,21)22)19-13-14(15-5-4-11-24-15)20-7-9-23-10-8-20;/h4-5,11,14H,3,6-10,12-13H2,1-2H3,(H2,17,18,19);1H. The Morgan fingerprint density at radius 1 is 1.38 bits per heavy atom. The van der Waals surface area contributed by atoms with E-state index < -0.39 is 9.84 Å². The number of morpholine rings is 1. The fourth-order valence-electron chi connectivity index (χ4n) is 2.63. The Morgan fingerprint density at radius 2 is 2.12 bits per heavy atom. The summed E-state index contributed by atoms with van der Waals surface area (Å²) in [6.45, 7) is 6.99. The van der Waals surface area contributed by atoms with Crippen LogP contribution in [0.2, 0.25) is 0 Å². The van der Waals surface area contributed by atoms with Crippen LogP contribution in [-0.2, 0) is 14.6 Å². The maximum Gasteiger partial charge on any atom is 0.191 e. The molecule has 150 valence electrons. The highest BCUT2D eigenvalue weighted by Crippen LogP contribution is 2.26. The minimum Gasteiger partial charge on any atom is -0.379 e. The number of thiophene rings is 1. The van der Waals surface area contributed by atoms with Crippen molar-refractivity contribution in [1.29, 1.82) is 0 Å². The van der Waals surface area contributed by atoms with Gasteiger partial charge >= 0.3 is 0 Å². The number of guanidine groups is 1. The third-order valence-corrected chi connectivity index (χ3v) is 5.81. The van der Waals surface area contributed by atoms with Gasteiger partial charge in [-0.2, -0.15) is 0 Å². The van der Waals surface area contributed by atoms with Gasteiger partial charge in [-0.15, -0.1) is 35.3 Å². The van der Waals surface area contributed by atoms with Gasteiger partial charge in [-0.25, -0.2) is 8.42 Å². The van der Waals surface area contributed by atoms with E-state index in [9.17, 15) is 8.42 Å². The molecule has 0 amide bonds. The number of halogens is 1. The predicted molar refractivity (Wildman–Crippen MR) is 119 cm³/mol. The van der Waals surface area contributed by atoms with E-state index >= 15 is 0 Å². The SMILES string of the molecule is CCNC(=NCC(c1cccs1)N1CCOCC1)NCCS(C)(=O)=O.I. The van der Waals surface area contributed by atoms with Crippen LogP contribution in [0.5, 0.6) is 0 Å². The second-order valence-corrected chi connectivity index (χ2v) is 9.19. The lowest BCUT2D eigenvalue weighted by molar-refractivity contribution is 0.0186. The van der Waals surface area contributed by atoms with Crippen molar-refractivity contribution in [1.82, 2.24) is 15.5 Å². The number of aliphatic imine (C=N–C) groups is 1. The van der Waals surface area contributed by atoms with Gasteiger partial charge in [-0.05, 0) is 18.4 Å². The van der Waals surface area contributed by atoms with Crippen LogP contribution in [0.15, 0.2) is 22.5 Å². The van der Waals surface area contributed by atoms with Crippen LogP contribution in [0, 0.1) is 0 Å². The molecule has 1 aliphatic heterocycles. The highest BCUT2D eigenvalue weighted by molar-refractivity contribution is 14.0. The van der Waals surface area contributed by atoms with Gasteiger partial charge in [-0.3, -0.25) is 9.89 Å². The maximum atomic E-state index is 11.3. The van der Waals surface area contributed by atoms with Crippen LogP contribution in [0.4, 0.5) is 0 Å². The van der Waals surface area contributed by atoms with E-state index in [4.69, 9.17) is 4.74 Å². The van der Waals surface area contributed by atoms with Gasteiger partial charge in [0.15, 0.2) is 5.96 Å². The highest BCUT2D eigenvalue weighted by atomic mass is 127. The number of rotatable bonds is 8. The van der Waals surface area contributed by atoms with Crippen molar-refractivity contribution < 1.29 is 13.2 Å². The normalized spacial score (nSPS) is 17.4. The van der Waals surface area contributed by atoms with E-state index in [1.165, 1.54) is 11.1 Å².